The van der Waals surface area contributed by atoms with E-state index in [2.05, 4.69) is 40.1 Å². The highest BCUT2D eigenvalue weighted by atomic mass is 79.9. The first kappa shape index (κ1) is 51.6. The van der Waals surface area contributed by atoms with Crippen molar-refractivity contribution in [2.75, 3.05) is 46.3 Å². The van der Waals surface area contributed by atoms with Gasteiger partial charge in [-0.1, -0.05) is 39.1 Å². The van der Waals surface area contributed by atoms with Crippen LogP contribution in [0.2, 0.25) is 10.0 Å². The van der Waals surface area contributed by atoms with Crippen LogP contribution in [0.3, 0.4) is 0 Å². The smallest absolute Gasteiger partial charge is 0.339 e. The van der Waals surface area contributed by atoms with Crippen molar-refractivity contribution in [1.82, 2.24) is 9.97 Å². The van der Waals surface area contributed by atoms with Crippen LogP contribution in [0.1, 0.15) is 57.8 Å². The Hall–Kier alpha value is -4.00. The number of nitrogens with one attached hydrogen (secondary N) is 1. The van der Waals surface area contributed by atoms with Crippen LogP contribution in [-0.4, -0.2) is 103 Å². The van der Waals surface area contributed by atoms with E-state index in [1.54, 1.807) is 12.1 Å². The molecule has 0 bridgehead atoms. The van der Waals surface area contributed by atoms with Crippen molar-refractivity contribution in [3.05, 3.63) is 117 Å². The lowest BCUT2D eigenvalue weighted by Crippen LogP contribution is -2.42. The number of hydrogen-bond acceptors (Lipinski definition) is 14. The predicted octanol–water partition coefficient (Wildman–Crippen LogP) is 6.14. The lowest BCUT2D eigenvalue weighted by Gasteiger charge is -2.31. The van der Waals surface area contributed by atoms with Crippen molar-refractivity contribution < 1.29 is 61.5 Å². The molecule has 16 nitrogen and oxygen atoms in total. The maximum absolute atomic E-state index is 13.7. The van der Waals surface area contributed by atoms with Crippen molar-refractivity contribution in [2.45, 2.75) is 48.1 Å². The zero-order valence-electron chi connectivity index (χ0n) is 33.4. The number of pyridine rings is 2. The van der Waals surface area contributed by atoms with Crippen molar-refractivity contribution in [1.29, 1.82) is 0 Å². The van der Waals surface area contributed by atoms with Crippen LogP contribution < -0.4 is 9.03 Å². The van der Waals surface area contributed by atoms with Gasteiger partial charge < -0.3 is 9.47 Å². The average Bonchev–Trinajstić information content (AvgIpc) is 3.24. The second kappa shape index (κ2) is 22.3. The summed E-state index contributed by atoms with van der Waals surface area (Å²) in [4.78, 5) is 30.7. The summed E-state index contributed by atoms with van der Waals surface area (Å²) in [5.41, 5.74) is 2.16. The number of nitrogens with zero attached hydrogens (tertiary/aromatic N) is 3. The van der Waals surface area contributed by atoms with Gasteiger partial charge in [-0.2, -0.15) is 0 Å². The van der Waals surface area contributed by atoms with E-state index in [1.807, 2.05) is 0 Å². The molecule has 0 unspecified atom stereocenters. The van der Waals surface area contributed by atoms with Crippen molar-refractivity contribution in [2.24, 2.45) is 0 Å². The fourth-order valence-electron chi connectivity index (χ4n) is 5.95. The summed E-state index contributed by atoms with van der Waals surface area (Å²) >= 11 is 14.7. The van der Waals surface area contributed by atoms with Crippen molar-refractivity contribution in [3.63, 3.8) is 0 Å². The summed E-state index contributed by atoms with van der Waals surface area (Å²) in [6.45, 7) is -0.213. The number of aromatic nitrogens is 2. The third-order valence-corrected chi connectivity index (χ3v) is 18.2. The Morgan fingerprint density at radius 1 is 0.730 bits per heavy atom. The molecule has 0 saturated carbocycles. The minimum Gasteiger partial charge on any atom is -0.465 e. The quantitative estimate of drug-likeness (QED) is 0.132. The van der Waals surface area contributed by atoms with Gasteiger partial charge in [0.05, 0.1) is 98.2 Å². The molecule has 344 valence electrons. The largest absolute Gasteiger partial charge is 0.465 e. The summed E-state index contributed by atoms with van der Waals surface area (Å²) in [5, 5.41) is -1.44. The molecular weight excluding hydrogens is 1020 g/mol. The van der Waals surface area contributed by atoms with E-state index < -0.39 is 67.8 Å². The molecule has 0 radical (unpaired) electrons. The van der Waals surface area contributed by atoms with Crippen LogP contribution in [-0.2, 0) is 61.1 Å². The Kier molecular flexibility index (Phi) is 18.2. The number of alkyl halides is 1. The number of halogens is 5. The molecule has 0 atom stereocenters. The van der Waals surface area contributed by atoms with Crippen LogP contribution in [0, 0.1) is 11.6 Å². The predicted molar refractivity (Wildman–Crippen MR) is 238 cm³/mol. The van der Waals surface area contributed by atoms with Gasteiger partial charge in [0, 0.05) is 17.7 Å². The molecule has 0 aliphatic carbocycles. The van der Waals surface area contributed by atoms with Crippen molar-refractivity contribution >= 4 is 102 Å². The second-order valence-electron chi connectivity index (χ2n) is 13.8. The molecule has 0 amide bonds. The van der Waals surface area contributed by atoms with E-state index in [1.165, 1.54) is 63.0 Å². The molecule has 6 rings (SSSR count). The number of ether oxygens (including phenoxy) is 2. The number of benzene rings is 2. The highest BCUT2D eigenvalue weighted by Crippen LogP contribution is 2.31. The molecular formula is C38H41BrCl2F2N4O12S4. The molecule has 1 N–H and O–H groups in total. The highest BCUT2D eigenvalue weighted by molar-refractivity contribution is 9.08. The van der Waals surface area contributed by atoms with Gasteiger partial charge >= 0.3 is 11.9 Å². The second-order valence-corrected chi connectivity index (χ2v) is 23.9. The van der Waals surface area contributed by atoms with Gasteiger partial charge in [0.25, 0.3) is 0 Å². The van der Waals surface area contributed by atoms with E-state index in [9.17, 15) is 52.0 Å². The monoisotopic (exact) mass is 1060 g/mol. The molecule has 2 aromatic carbocycles. The number of carbonyl (C=O) groups is 2. The summed E-state index contributed by atoms with van der Waals surface area (Å²) in [6.07, 6.45) is 2.81. The van der Waals surface area contributed by atoms with Crippen LogP contribution in [0.25, 0.3) is 0 Å². The number of sulfone groups is 2. The minimum absolute atomic E-state index is 0.0369. The first-order valence-electron chi connectivity index (χ1n) is 18.5. The number of methoxy groups -OCH3 is 2. The van der Waals surface area contributed by atoms with Crippen molar-refractivity contribution in [3.8, 4) is 0 Å². The van der Waals surface area contributed by atoms with Crippen LogP contribution >= 0.6 is 39.1 Å². The summed E-state index contributed by atoms with van der Waals surface area (Å²) in [7, 11) is -11.6. The summed E-state index contributed by atoms with van der Waals surface area (Å²) < 4.78 is 136. The first-order chi connectivity index (χ1) is 29.5. The van der Waals surface area contributed by atoms with Gasteiger partial charge in [0.15, 0.2) is 0 Å². The number of sulfonamides is 2. The maximum atomic E-state index is 13.7. The number of hydrogen-bond donors (Lipinski definition) is 1. The third-order valence-electron chi connectivity index (χ3n) is 9.48. The van der Waals surface area contributed by atoms with E-state index in [-0.39, 0.29) is 88.2 Å². The molecule has 63 heavy (non-hydrogen) atoms. The molecule has 2 aliphatic heterocycles. The highest BCUT2D eigenvalue weighted by Gasteiger charge is 2.38. The Labute approximate surface area is 382 Å². The summed E-state index contributed by atoms with van der Waals surface area (Å²) in [5.74, 6) is -3.00. The van der Waals surface area contributed by atoms with Crippen LogP contribution in [0.4, 0.5) is 20.2 Å². The Morgan fingerprint density at radius 3 is 1.62 bits per heavy atom. The standard InChI is InChI=1S/C19H20ClFN2O6S2.C11H13ClFNO4S2.C8H8BrNO2/c1-29-19(24)13-2-3-14(22-11-13)12-23(15-4-5-18(21)17(20)10-15)31(27,28)16-6-8-30(25,26)9-7-16;12-10-7-8(1-2-11(10)13)14-20(17,18)9-3-5-19(15,16)6-4-9;1-12-8(11)6-2-3-7(4-9)10-5-6/h2-5,10-11,16H,6-9,12H2,1H3;1-2,7,9,14H,3-6H2;2-3,5H,4H2,1H3. The molecule has 2 saturated heterocycles. The first-order valence-corrected chi connectivity index (χ1v) is 27.0. The number of esters is 2. The molecule has 2 aliphatic rings. The molecule has 4 heterocycles. The Morgan fingerprint density at radius 2 is 1.19 bits per heavy atom. The van der Waals surface area contributed by atoms with Gasteiger partial charge in [0.2, 0.25) is 20.0 Å². The Bertz CT molecular complexity index is 2690. The number of carbonyl (C=O) groups excluding carboxylic acids is 2. The zero-order chi connectivity index (χ0) is 46.8. The molecule has 4 aromatic rings. The van der Waals surface area contributed by atoms with Gasteiger partial charge in [-0.05, 0) is 86.3 Å². The SMILES string of the molecule is COC(=O)c1ccc(CBr)nc1.COC(=O)c1ccc(CN(c2ccc(F)c(Cl)c2)S(=O)(=O)C2CCS(=O)(=O)CC2)nc1.O=S1(=O)CCC(S(=O)(=O)Nc2ccc(F)c(Cl)c2)CC1. The molecule has 2 fully saturated rings. The van der Waals surface area contributed by atoms with Gasteiger partial charge in [-0.15, -0.1) is 0 Å². The lowest BCUT2D eigenvalue weighted by atomic mass is 10.2. The lowest BCUT2D eigenvalue weighted by molar-refractivity contribution is 0.0591. The third kappa shape index (κ3) is 14.8. The zero-order valence-corrected chi connectivity index (χ0v) is 39.8. The normalized spacial score (nSPS) is 16.2. The Balaban J connectivity index is 0.000000232. The topological polar surface area (TPSA) is 230 Å². The van der Waals surface area contributed by atoms with E-state index in [0.29, 0.717) is 16.6 Å². The van der Waals surface area contributed by atoms with E-state index >= 15 is 0 Å². The van der Waals surface area contributed by atoms with E-state index in [4.69, 9.17) is 23.2 Å². The van der Waals surface area contributed by atoms with Gasteiger partial charge in [-0.3, -0.25) is 19.0 Å². The average molecular weight is 1060 g/mol. The fraction of sp³-hybridized carbons (Fsp3) is 0.368. The van der Waals surface area contributed by atoms with E-state index in [0.717, 1.165) is 22.1 Å². The van der Waals surface area contributed by atoms with Gasteiger partial charge in [0.1, 0.15) is 31.3 Å². The minimum atomic E-state index is -4.03. The number of rotatable bonds is 11. The summed E-state index contributed by atoms with van der Waals surface area (Å²) in [6, 6.07) is 13.4. The van der Waals surface area contributed by atoms with Crippen LogP contribution in [0.15, 0.2) is 73.1 Å². The van der Waals surface area contributed by atoms with Crippen LogP contribution in [0.5, 0.6) is 0 Å². The molecule has 0 spiro atoms. The molecule has 2 aromatic heterocycles. The maximum Gasteiger partial charge on any atom is 0.339 e. The van der Waals surface area contributed by atoms with Gasteiger partial charge in [-0.25, -0.2) is 52.0 Å². The number of anilines is 2. The fourth-order valence-corrected chi connectivity index (χ4v) is 13.6. The molecule has 25 heteroatoms.